The number of benzene rings is 1. The third kappa shape index (κ3) is 5.10. The minimum atomic E-state index is -0.258. The van der Waals surface area contributed by atoms with E-state index in [2.05, 4.69) is 5.32 Å². The zero-order valence-electron chi connectivity index (χ0n) is 9.56. The zero-order chi connectivity index (χ0) is 12.5. The lowest BCUT2D eigenvalue weighted by Gasteiger charge is -2.06. The second kappa shape index (κ2) is 7.97. The van der Waals surface area contributed by atoms with Crippen LogP contribution in [0.25, 0.3) is 0 Å². The normalized spacial score (nSPS) is 10.2. The largest absolute Gasteiger partial charge is 0.507 e. The summed E-state index contributed by atoms with van der Waals surface area (Å²) in [7, 11) is 0. The Morgan fingerprint density at radius 2 is 2.06 bits per heavy atom. The van der Waals surface area contributed by atoms with Crippen molar-refractivity contribution in [1.82, 2.24) is 5.32 Å². The molecule has 0 radical (unpaired) electrons. The Morgan fingerprint density at radius 3 is 2.76 bits per heavy atom. The smallest absolute Gasteiger partial charge is 0.255 e. The molecule has 3 N–H and O–H groups in total. The number of hydrogen-bond donors (Lipinski definition) is 3. The molecule has 0 aliphatic rings. The first-order valence-electron chi connectivity index (χ1n) is 5.50. The predicted octanol–water partition coefficient (Wildman–Crippen LogP) is 1.24. The van der Waals surface area contributed by atoms with E-state index in [-0.39, 0.29) is 18.3 Å². The maximum atomic E-state index is 11.6. The van der Waals surface area contributed by atoms with Gasteiger partial charge in [-0.15, -0.1) is 0 Å². The Morgan fingerprint density at radius 1 is 1.29 bits per heavy atom. The molecule has 1 rings (SSSR count). The summed E-state index contributed by atoms with van der Waals surface area (Å²) in [6.07, 6.45) is 0.776. The van der Waals surface area contributed by atoms with Gasteiger partial charge in [-0.3, -0.25) is 4.79 Å². The predicted molar refractivity (Wildman–Crippen MR) is 69.5 cm³/mol. The molecule has 0 atom stereocenters. The molecule has 94 valence electrons. The third-order valence-electron chi connectivity index (χ3n) is 2.13. The van der Waals surface area contributed by atoms with Gasteiger partial charge in [0.15, 0.2) is 0 Å². The van der Waals surface area contributed by atoms with E-state index in [1.165, 1.54) is 6.07 Å². The van der Waals surface area contributed by atoms with Gasteiger partial charge in [0.2, 0.25) is 0 Å². The lowest BCUT2D eigenvalue weighted by molar-refractivity contribution is 0.0953. The standard InChI is InChI=1S/C12H17NO3S/c14-7-3-8-17-9-6-13-12(16)10-4-1-2-5-11(10)15/h1-2,4-5,14-15H,3,6-9H2,(H,13,16). The highest BCUT2D eigenvalue weighted by Crippen LogP contribution is 2.14. The highest BCUT2D eigenvalue weighted by Gasteiger charge is 2.08. The van der Waals surface area contributed by atoms with Crippen LogP contribution in [0.1, 0.15) is 16.8 Å². The number of aromatic hydroxyl groups is 1. The van der Waals surface area contributed by atoms with Crippen molar-refractivity contribution in [3.8, 4) is 5.75 Å². The van der Waals surface area contributed by atoms with E-state index in [0.717, 1.165) is 17.9 Å². The summed E-state index contributed by atoms with van der Waals surface area (Å²) >= 11 is 1.68. The van der Waals surface area contributed by atoms with Gasteiger partial charge in [0.1, 0.15) is 5.75 Å². The molecule has 0 spiro atoms. The van der Waals surface area contributed by atoms with E-state index >= 15 is 0 Å². The minimum absolute atomic E-state index is 0.00191. The molecule has 5 heteroatoms. The van der Waals surface area contributed by atoms with E-state index in [1.54, 1.807) is 30.0 Å². The van der Waals surface area contributed by atoms with Crippen LogP contribution < -0.4 is 5.32 Å². The van der Waals surface area contributed by atoms with Crippen molar-refractivity contribution in [2.75, 3.05) is 24.7 Å². The van der Waals surface area contributed by atoms with Crippen LogP contribution in [0.2, 0.25) is 0 Å². The average molecular weight is 255 g/mol. The number of phenols is 1. The molecule has 0 aliphatic carbocycles. The topological polar surface area (TPSA) is 69.6 Å². The van der Waals surface area contributed by atoms with Crippen LogP contribution in [-0.2, 0) is 0 Å². The molecule has 0 unspecified atom stereocenters. The van der Waals surface area contributed by atoms with Crippen LogP contribution >= 0.6 is 11.8 Å². The number of carbonyl (C=O) groups is 1. The van der Waals surface area contributed by atoms with Gasteiger partial charge in [-0.05, 0) is 24.3 Å². The Labute approximate surface area is 105 Å². The highest BCUT2D eigenvalue weighted by molar-refractivity contribution is 7.99. The summed E-state index contributed by atoms with van der Waals surface area (Å²) in [5.41, 5.74) is 0.299. The molecule has 0 aliphatic heterocycles. The lowest BCUT2D eigenvalue weighted by atomic mass is 10.2. The van der Waals surface area contributed by atoms with Crippen molar-refractivity contribution >= 4 is 17.7 Å². The number of amides is 1. The first-order valence-corrected chi connectivity index (χ1v) is 6.66. The number of thioether (sulfide) groups is 1. The zero-order valence-corrected chi connectivity index (χ0v) is 10.4. The molecular formula is C12H17NO3S. The van der Waals surface area contributed by atoms with Crippen molar-refractivity contribution < 1.29 is 15.0 Å². The van der Waals surface area contributed by atoms with Gasteiger partial charge in [-0.25, -0.2) is 0 Å². The molecule has 4 nitrogen and oxygen atoms in total. The van der Waals surface area contributed by atoms with Crippen LogP contribution in [-0.4, -0.2) is 40.8 Å². The Kier molecular flexibility index (Phi) is 6.50. The molecule has 0 bridgehead atoms. The summed E-state index contributed by atoms with van der Waals surface area (Å²) in [6, 6.07) is 6.47. The number of aliphatic hydroxyl groups excluding tert-OH is 1. The molecular weight excluding hydrogens is 238 g/mol. The Hall–Kier alpha value is -1.20. The molecule has 1 aromatic rings. The Balaban J connectivity index is 2.24. The van der Waals surface area contributed by atoms with E-state index in [9.17, 15) is 9.90 Å². The number of phenolic OH excluding ortho intramolecular Hbond substituents is 1. The van der Waals surface area contributed by atoms with E-state index in [0.29, 0.717) is 12.1 Å². The summed E-state index contributed by atoms with van der Waals surface area (Å²) in [5.74, 6) is 1.44. The van der Waals surface area contributed by atoms with Crippen LogP contribution in [0.5, 0.6) is 5.75 Å². The third-order valence-corrected chi connectivity index (χ3v) is 3.20. The molecule has 0 heterocycles. The SMILES string of the molecule is O=C(NCCSCCCO)c1ccccc1O. The average Bonchev–Trinajstić information content (AvgIpc) is 2.34. The fourth-order valence-corrected chi connectivity index (χ4v) is 2.05. The molecule has 17 heavy (non-hydrogen) atoms. The number of hydrogen-bond acceptors (Lipinski definition) is 4. The summed E-state index contributed by atoms with van der Waals surface area (Å²) in [5, 5.41) is 20.8. The van der Waals surface area contributed by atoms with Gasteiger partial charge in [0.05, 0.1) is 5.56 Å². The van der Waals surface area contributed by atoms with E-state index in [1.807, 2.05) is 0 Å². The maximum absolute atomic E-state index is 11.6. The fraction of sp³-hybridized carbons (Fsp3) is 0.417. The summed E-state index contributed by atoms with van der Waals surface area (Å²) in [6.45, 7) is 0.764. The second-order valence-corrected chi connectivity index (χ2v) is 4.69. The maximum Gasteiger partial charge on any atom is 0.255 e. The van der Waals surface area contributed by atoms with Crippen LogP contribution in [0, 0.1) is 0 Å². The number of rotatable bonds is 7. The van der Waals surface area contributed by atoms with Gasteiger partial charge in [-0.2, -0.15) is 11.8 Å². The van der Waals surface area contributed by atoms with E-state index in [4.69, 9.17) is 5.11 Å². The highest BCUT2D eigenvalue weighted by atomic mass is 32.2. The molecule has 0 saturated heterocycles. The molecule has 0 fully saturated rings. The van der Waals surface area contributed by atoms with Crippen molar-refractivity contribution in [1.29, 1.82) is 0 Å². The summed E-state index contributed by atoms with van der Waals surface area (Å²) in [4.78, 5) is 11.6. The van der Waals surface area contributed by atoms with Crippen molar-refractivity contribution in [3.05, 3.63) is 29.8 Å². The number of aliphatic hydroxyl groups is 1. The number of para-hydroxylation sites is 1. The van der Waals surface area contributed by atoms with Gasteiger partial charge in [0, 0.05) is 18.9 Å². The quantitative estimate of drug-likeness (QED) is 0.641. The fourth-order valence-electron chi connectivity index (χ4n) is 1.27. The van der Waals surface area contributed by atoms with Crippen molar-refractivity contribution in [2.24, 2.45) is 0 Å². The molecule has 0 aromatic heterocycles. The first-order chi connectivity index (χ1) is 8.25. The number of nitrogens with one attached hydrogen (secondary N) is 1. The lowest BCUT2D eigenvalue weighted by Crippen LogP contribution is -2.25. The second-order valence-electron chi connectivity index (χ2n) is 3.46. The van der Waals surface area contributed by atoms with E-state index < -0.39 is 0 Å². The van der Waals surface area contributed by atoms with Gasteiger partial charge < -0.3 is 15.5 Å². The van der Waals surface area contributed by atoms with Crippen LogP contribution in [0.3, 0.4) is 0 Å². The minimum Gasteiger partial charge on any atom is -0.507 e. The van der Waals surface area contributed by atoms with Gasteiger partial charge in [0.25, 0.3) is 5.91 Å². The van der Waals surface area contributed by atoms with Crippen LogP contribution in [0.4, 0.5) is 0 Å². The Bertz CT molecular complexity index is 357. The van der Waals surface area contributed by atoms with Gasteiger partial charge >= 0.3 is 0 Å². The number of carbonyl (C=O) groups excluding carboxylic acids is 1. The first kappa shape index (κ1) is 13.9. The van der Waals surface area contributed by atoms with Crippen molar-refractivity contribution in [2.45, 2.75) is 6.42 Å². The van der Waals surface area contributed by atoms with Gasteiger partial charge in [-0.1, -0.05) is 12.1 Å². The molecule has 0 saturated carbocycles. The monoisotopic (exact) mass is 255 g/mol. The van der Waals surface area contributed by atoms with Crippen molar-refractivity contribution in [3.63, 3.8) is 0 Å². The molecule has 1 amide bonds. The van der Waals surface area contributed by atoms with Crippen LogP contribution in [0.15, 0.2) is 24.3 Å². The molecule has 1 aromatic carbocycles. The summed E-state index contributed by atoms with van der Waals surface area (Å²) < 4.78 is 0.